The second kappa shape index (κ2) is 5.41. The normalized spacial score (nSPS) is 11.8. The molecule has 0 unspecified atom stereocenters. The molecule has 0 saturated carbocycles. The van der Waals surface area contributed by atoms with Gasteiger partial charge in [-0.25, -0.2) is 0 Å². The second-order valence-corrected chi connectivity index (χ2v) is 5.20. The summed E-state index contributed by atoms with van der Waals surface area (Å²) in [5.74, 6) is 0.0552. The van der Waals surface area contributed by atoms with E-state index in [1.165, 1.54) is 10.9 Å². The zero-order valence-corrected chi connectivity index (χ0v) is 12.2. The average Bonchev–Trinajstić information content (AvgIpc) is 2.83. The fourth-order valence-electron chi connectivity index (χ4n) is 2.60. The third-order valence-corrected chi connectivity index (χ3v) is 3.63. The van der Waals surface area contributed by atoms with E-state index in [2.05, 4.69) is 13.0 Å². The SMILES string of the molecule is CC(=O)/C(=C/c1ccccc1)n1cc(C)c2ccccc21. The van der Waals surface area contributed by atoms with Crippen molar-refractivity contribution in [1.29, 1.82) is 0 Å². The summed E-state index contributed by atoms with van der Waals surface area (Å²) in [6, 6.07) is 18.1. The largest absolute Gasteiger partial charge is 0.313 e. The molecule has 2 heteroatoms. The van der Waals surface area contributed by atoms with E-state index >= 15 is 0 Å². The maximum atomic E-state index is 12.1. The molecule has 0 radical (unpaired) electrons. The lowest BCUT2D eigenvalue weighted by molar-refractivity contribution is -0.112. The molecule has 3 rings (SSSR count). The number of aromatic nitrogens is 1. The van der Waals surface area contributed by atoms with Gasteiger partial charge in [0, 0.05) is 18.5 Å². The molecule has 0 aliphatic rings. The van der Waals surface area contributed by atoms with E-state index in [1.54, 1.807) is 6.92 Å². The van der Waals surface area contributed by atoms with E-state index in [0.717, 1.165) is 11.1 Å². The van der Waals surface area contributed by atoms with Gasteiger partial charge in [0.15, 0.2) is 5.78 Å². The number of nitrogens with zero attached hydrogens (tertiary/aromatic N) is 1. The minimum atomic E-state index is 0.0552. The third kappa shape index (κ3) is 2.52. The summed E-state index contributed by atoms with van der Waals surface area (Å²) >= 11 is 0. The van der Waals surface area contributed by atoms with Crippen LogP contribution in [-0.4, -0.2) is 10.4 Å². The Bertz CT molecular complexity index is 825. The number of hydrogen-bond donors (Lipinski definition) is 0. The lowest BCUT2D eigenvalue weighted by Crippen LogP contribution is -2.04. The predicted octanol–water partition coefficient (Wildman–Crippen LogP) is 4.54. The summed E-state index contributed by atoms with van der Waals surface area (Å²) in [5, 5.41) is 1.18. The monoisotopic (exact) mass is 275 g/mol. The van der Waals surface area contributed by atoms with Crippen LogP contribution < -0.4 is 0 Å². The molecule has 0 N–H and O–H groups in total. The number of ketones is 1. The van der Waals surface area contributed by atoms with Crippen LogP contribution >= 0.6 is 0 Å². The van der Waals surface area contributed by atoms with Gasteiger partial charge < -0.3 is 4.57 Å². The summed E-state index contributed by atoms with van der Waals surface area (Å²) in [5.41, 5.74) is 3.95. The molecule has 21 heavy (non-hydrogen) atoms. The summed E-state index contributed by atoms with van der Waals surface area (Å²) in [6.45, 7) is 3.68. The van der Waals surface area contributed by atoms with Crippen molar-refractivity contribution in [1.82, 2.24) is 4.57 Å². The van der Waals surface area contributed by atoms with E-state index in [0.29, 0.717) is 5.70 Å². The first-order chi connectivity index (χ1) is 10.2. The van der Waals surface area contributed by atoms with Gasteiger partial charge >= 0.3 is 0 Å². The highest BCUT2D eigenvalue weighted by molar-refractivity contribution is 6.20. The van der Waals surface area contributed by atoms with Gasteiger partial charge in [-0.15, -0.1) is 0 Å². The fourth-order valence-corrected chi connectivity index (χ4v) is 2.60. The number of fused-ring (bicyclic) bond motifs is 1. The smallest absolute Gasteiger partial charge is 0.176 e. The van der Waals surface area contributed by atoms with Gasteiger partial charge in [-0.1, -0.05) is 48.5 Å². The third-order valence-electron chi connectivity index (χ3n) is 3.63. The standard InChI is InChI=1S/C19H17NO/c1-14-13-20(18-11-7-6-10-17(14)18)19(15(2)21)12-16-8-4-3-5-9-16/h3-13H,1-2H3/b19-12-. The van der Waals surface area contributed by atoms with Gasteiger partial charge in [-0.3, -0.25) is 4.79 Å². The molecule has 0 spiro atoms. The van der Waals surface area contributed by atoms with Crippen LogP contribution in [0.3, 0.4) is 0 Å². The zero-order chi connectivity index (χ0) is 14.8. The number of carbonyl (C=O) groups excluding carboxylic acids is 1. The van der Waals surface area contributed by atoms with Crippen LogP contribution in [0, 0.1) is 6.92 Å². The van der Waals surface area contributed by atoms with Gasteiger partial charge in [-0.05, 0) is 30.2 Å². The number of Topliss-reactive ketones (excluding diaryl/α,β-unsaturated/α-hetero) is 1. The molecule has 1 aromatic heterocycles. The molecule has 2 nitrogen and oxygen atoms in total. The highest BCUT2D eigenvalue weighted by Crippen LogP contribution is 2.25. The van der Waals surface area contributed by atoms with E-state index in [4.69, 9.17) is 0 Å². The highest BCUT2D eigenvalue weighted by Gasteiger charge is 2.12. The maximum Gasteiger partial charge on any atom is 0.176 e. The van der Waals surface area contributed by atoms with Crippen LogP contribution in [-0.2, 0) is 4.79 Å². The van der Waals surface area contributed by atoms with Gasteiger partial charge in [0.25, 0.3) is 0 Å². The summed E-state index contributed by atoms with van der Waals surface area (Å²) < 4.78 is 1.99. The number of aryl methyl sites for hydroxylation is 1. The first-order valence-electron chi connectivity index (χ1n) is 7.01. The van der Waals surface area contributed by atoms with Crippen molar-refractivity contribution in [2.24, 2.45) is 0 Å². The maximum absolute atomic E-state index is 12.1. The number of carbonyl (C=O) groups is 1. The quantitative estimate of drug-likeness (QED) is 0.643. The van der Waals surface area contributed by atoms with E-state index in [9.17, 15) is 4.79 Å². The lowest BCUT2D eigenvalue weighted by atomic mass is 10.1. The molecule has 0 aliphatic heterocycles. The number of benzene rings is 2. The average molecular weight is 275 g/mol. The van der Waals surface area contributed by atoms with Crippen LogP contribution in [0.5, 0.6) is 0 Å². The van der Waals surface area contributed by atoms with E-state index < -0.39 is 0 Å². The molecule has 1 heterocycles. The number of allylic oxidation sites excluding steroid dienone is 1. The molecule has 3 aromatic rings. The Morgan fingerprint density at radius 1 is 1.00 bits per heavy atom. The molecule has 0 atom stereocenters. The van der Waals surface area contributed by atoms with Crippen LogP contribution in [0.25, 0.3) is 22.7 Å². The summed E-state index contributed by atoms with van der Waals surface area (Å²) in [4.78, 5) is 12.1. The van der Waals surface area contributed by atoms with Crippen LogP contribution in [0.15, 0.2) is 60.8 Å². The topological polar surface area (TPSA) is 22.0 Å². The van der Waals surface area contributed by atoms with Crippen LogP contribution in [0.2, 0.25) is 0 Å². The molecule has 0 bridgehead atoms. The second-order valence-electron chi connectivity index (χ2n) is 5.20. The predicted molar refractivity (Wildman–Crippen MR) is 88.0 cm³/mol. The van der Waals surface area contributed by atoms with Crippen molar-refractivity contribution >= 4 is 28.5 Å². The Morgan fingerprint density at radius 3 is 2.38 bits per heavy atom. The van der Waals surface area contributed by atoms with Crippen molar-refractivity contribution in [3.05, 3.63) is 71.9 Å². The fraction of sp³-hybridized carbons (Fsp3) is 0.105. The Hall–Kier alpha value is -2.61. The van der Waals surface area contributed by atoms with Gasteiger partial charge in [0.05, 0.1) is 11.2 Å². The molecule has 0 aliphatic carbocycles. The Morgan fingerprint density at radius 2 is 1.67 bits per heavy atom. The highest BCUT2D eigenvalue weighted by atomic mass is 16.1. The van der Waals surface area contributed by atoms with Gasteiger partial charge in [0.1, 0.15) is 0 Å². The molecular formula is C19H17NO. The van der Waals surface area contributed by atoms with E-state index in [-0.39, 0.29) is 5.78 Å². The van der Waals surface area contributed by atoms with Crippen molar-refractivity contribution in [2.45, 2.75) is 13.8 Å². The first kappa shape index (κ1) is 13.4. The number of para-hydroxylation sites is 1. The number of hydrogen-bond acceptors (Lipinski definition) is 1. The van der Waals surface area contributed by atoms with Gasteiger partial charge in [0.2, 0.25) is 0 Å². The molecule has 0 saturated heterocycles. The first-order valence-corrected chi connectivity index (χ1v) is 7.01. The molecule has 0 fully saturated rings. The van der Waals surface area contributed by atoms with E-state index in [1.807, 2.05) is 65.4 Å². The van der Waals surface area contributed by atoms with Crippen LogP contribution in [0.4, 0.5) is 0 Å². The minimum Gasteiger partial charge on any atom is -0.313 e. The molecule has 2 aromatic carbocycles. The zero-order valence-electron chi connectivity index (χ0n) is 12.2. The lowest BCUT2D eigenvalue weighted by Gasteiger charge is -2.08. The summed E-state index contributed by atoms with van der Waals surface area (Å²) in [7, 11) is 0. The van der Waals surface area contributed by atoms with Crippen LogP contribution in [0.1, 0.15) is 18.1 Å². The van der Waals surface area contributed by atoms with Crippen molar-refractivity contribution in [3.63, 3.8) is 0 Å². The summed E-state index contributed by atoms with van der Waals surface area (Å²) in [6.07, 6.45) is 3.97. The van der Waals surface area contributed by atoms with Gasteiger partial charge in [-0.2, -0.15) is 0 Å². The van der Waals surface area contributed by atoms with Crippen molar-refractivity contribution in [2.75, 3.05) is 0 Å². The van der Waals surface area contributed by atoms with Crippen molar-refractivity contribution < 1.29 is 4.79 Å². The van der Waals surface area contributed by atoms with Crippen molar-refractivity contribution in [3.8, 4) is 0 Å². The Kier molecular flexibility index (Phi) is 3.44. The molecular weight excluding hydrogens is 258 g/mol. The Labute approximate surface area is 124 Å². The molecule has 104 valence electrons. The number of rotatable bonds is 3. The molecule has 0 amide bonds. The Balaban J connectivity index is 2.22. The minimum absolute atomic E-state index is 0.0552.